The summed E-state index contributed by atoms with van der Waals surface area (Å²) < 4.78 is 0. The summed E-state index contributed by atoms with van der Waals surface area (Å²) in [7, 11) is 0. The van der Waals surface area contributed by atoms with E-state index in [-0.39, 0.29) is 0 Å². The van der Waals surface area contributed by atoms with Gasteiger partial charge in [0.15, 0.2) is 0 Å². The summed E-state index contributed by atoms with van der Waals surface area (Å²) in [5.41, 5.74) is 7.62. The first kappa shape index (κ1) is 9.31. The first-order valence-electron chi connectivity index (χ1n) is 5.21. The second kappa shape index (κ2) is 3.86. The van der Waals surface area contributed by atoms with Crippen LogP contribution in [0.1, 0.15) is 19.8 Å². The highest BCUT2D eigenvalue weighted by molar-refractivity contribution is 5.53. The molecule has 1 unspecified atom stereocenters. The van der Waals surface area contributed by atoms with E-state index < -0.39 is 0 Å². The number of pyridine rings is 1. The first-order chi connectivity index (χ1) is 6.75. The predicted octanol–water partition coefficient (Wildman–Crippen LogP) is 1.90. The molecule has 3 nitrogen and oxygen atoms in total. The fourth-order valence-electron chi connectivity index (χ4n) is 2.04. The molecule has 2 heterocycles. The van der Waals surface area contributed by atoms with Crippen molar-refractivity contribution in [2.75, 3.05) is 23.7 Å². The lowest BCUT2D eigenvalue weighted by Gasteiger charge is -2.32. The van der Waals surface area contributed by atoms with Gasteiger partial charge in [0, 0.05) is 19.3 Å². The molecule has 1 aliphatic rings. The molecule has 0 radical (unpaired) electrons. The van der Waals surface area contributed by atoms with Gasteiger partial charge < -0.3 is 10.6 Å². The van der Waals surface area contributed by atoms with Gasteiger partial charge in [-0.05, 0) is 24.8 Å². The number of hydrogen-bond acceptors (Lipinski definition) is 3. The summed E-state index contributed by atoms with van der Waals surface area (Å²) in [6.45, 7) is 4.56. The van der Waals surface area contributed by atoms with E-state index in [0.717, 1.165) is 30.4 Å². The molecule has 1 aromatic heterocycles. The molecule has 1 aromatic rings. The van der Waals surface area contributed by atoms with Crippen LogP contribution in [0.25, 0.3) is 0 Å². The molecule has 0 amide bonds. The fourth-order valence-corrected chi connectivity index (χ4v) is 2.04. The van der Waals surface area contributed by atoms with Crippen LogP contribution in [-0.2, 0) is 0 Å². The zero-order valence-corrected chi connectivity index (χ0v) is 8.61. The zero-order valence-electron chi connectivity index (χ0n) is 8.61. The number of nitrogens with two attached hydrogens (primary N) is 1. The second-order valence-corrected chi connectivity index (χ2v) is 4.17. The molecule has 2 N–H and O–H groups in total. The highest BCUT2D eigenvalue weighted by atomic mass is 15.1. The summed E-state index contributed by atoms with van der Waals surface area (Å²) in [5, 5.41) is 0. The Morgan fingerprint density at radius 3 is 3.07 bits per heavy atom. The number of piperidine rings is 1. The molecule has 1 aliphatic heterocycles. The Bertz CT molecular complexity index is 311. The van der Waals surface area contributed by atoms with E-state index in [1.54, 1.807) is 6.20 Å². The molecular weight excluding hydrogens is 174 g/mol. The van der Waals surface area contributed by atoms with Gasteiger partial charge >= 0.3 is 0 Å². The standard InChI is InChI=1S/C11H17N3/c1-9-3-2-4-14(8-9)11-5-10(12)6-13-7-11/h5-7,9H,2-4,8,12H2,1H3. The zero-order chi connectivity index (χ0) is 9.97. The van der Waals surface area contributed by atoms with Crippen molar-refractivity contribution in [2.45, 2.75) is 19.8 Å². The lowest BCUT2D eigenvalue weighted by atomic mass is 10.00. The van der Waals surface area contributed by atoms with Gasteiger partial charge in [0.25, 0.3) is 0 Å². The maximum Gasteiger partial charge on any atom is 0.0573 e. The number of anilines is 2. The minimum atomic E-state index is 0.751. The van der Waals surface area contributed by atoms with Crippen molar-refractivity contribution >= 4 is 11.4 Å². The summed E-state index contributed by atoms with van der Waals surface area (Å²) in [6, 6.07) is 2.00. The molecule has 2 rings (SSSR count). The van der Waals surface area contributed by atoms with E-state index >= 15 is 0 Å². The van der Waals surface area contributed by atoms with Gasteiger partial charge in [-0.1, -0.05) is 6.92 Å². The number of nitrogen functional groups attached to an aromatic ring is 1. The van der Waals surface area contributed by atoms with Crippen LogP contribution in [-0.4, -0.2) is 18.1 Å². The van der Waals surface area contributed by atoms with Crippen LogP contribution in [0.3, 0.4) is 0 Å². The van der Waals surface area contributed by atoms with Crippen LogP contribution in [0.15, 0.2) is 18.5 Å². The number of nitrogens with zero attached hydrogens (tertiary/aromatic N) is 2. The van der Waals surface area contributed by atoms with E-state index in [1.165, 1.54) is 12.8 Å². The lowest BCUT2D eigenvalue weighted by Crippen LogP contribution is -2.34. The number of rotatable bonds is 1. The summed E-state index contributed by atoms with van der Waals surface area (Å²) in [6.07, 6.45) is 6.20. The van der Waals surface area contributed by atoms with Crippen molar-refractivity contribution in [2.24, 2.45) is 5.92 Å². The van der Waals surface area contributed by atoms with Crippen molar-refractivity contribution in [3.63, 3.8) is 0 Å². The lowest BCUT2D eigenvalue weighted by molar-refractivity contribution is 0.446. The van der Waals surface area contributed by atoms with Crippen LogP contribution in [0.2, 0.25) is 0 Å². The van der Waals surface area contributed by atoms with E-state index in [0.29, 0.717) is 0 Å². The first-order valence-corrected chi connectivity index (χ1v) is 5.21. The normalized spacial score (nSPS) is 22.4. The van der Waals surface area contributed by atoms with Gasteiger partial charge in [0.2, 0.25) is 0 Å². The molecule has 14 heavy (non-hydrogen) atoms. The second-order valence-electron chi connectivity index (χ2n) is 4.17. The Labute approximate surface area is 84.9 Å². The van der Waals surface area contributed by atoms with Gasteiger partial charge in [-0.3, -0.25) is 4.98 Å². The van der Waals surface area contributed by atoms with Crippen molar-refractivity contribution in [1.82, 2.24) is 4.98 Å². The predicted molar refractivity (Wildman–Crippen MR) is 59.3 cm³/mol. The van der Waals surface area contributed by atoms with Gasteiger partial charge in [-0.2, -0.15) is 0 Å². The van der Waals surface area contributed by atoms with E-state index in [4.69, 9.17) is 5.73 Å². The van der Waals surface area contributed by atoms with E-state index in [2.05, 4.69) is 16.8 Å². The SMILES string of the molecule is CC1CCCN(c2cncc(N)c2)C1. The smallest absolute Gasteiger partial charge is 0.0573 e. The summed E-state index contributed by atoms with van der Waals surface area (Å²) in [4.78, 5) is 6.49. The molecule has 1 fully saturated rings. The third kappa shape index (κ3) is 1.97. The van der Waals surface area contributed by atoms with Gasteiger partial charge in [0.1, 0.15) is 0 Å². The Kier molecular flexibility index (Phi) is 2.57. The average Bonchev–Trinajstić information content (AvgIpc) is 2.18. The van der Waals surface area contributed by atoms with E-state index in [1.807, 2.05) is 12.3 Å². The molecule has 0 spiro atoms. The van der Waals surface area contributed by atoms with Crippen LogP contribution in [0, 0.1) is 5.92 Å². The van der Waals surface area contributed by atoms with Crippen LogP contribution >= 0.6 is 0 Å². The molecule has 0 bridgehead atoms. The van der Waals surface area contributed by atoms with Crippen molar-refractivity contribution in [3.05, 3.63) is 18.5 Å². The minimum absolute atomic E-state index is 0.751. The maximum atomic E-state index is 5.71. The quantitative estimate of drug-likeness (QED) is 0.737. The third-order valence-corrected chi connectivity index (χ3v) is 2.77. The van der Waals surface area contributed by atoms with E-state index in [9.17, 15) is 0 Å². The Morgan fingerprint density at radius 1 is 1.50 bits per heavy atom. The Morgan fingerprint density at radius 2 is 2.36 bits per heavy atom. The van der Waals surface area contributed by atoms with Crippen LogP contribution < -0.4 is 10.6 Å². The average molecular weight is 191 g/mol. The monoisotopic (exact) mass is 191 g/mol. The molecule has 1 atom stereocenters. The number of aromatic nitrogens is 1. The highest BCUT2D eigenvalue weighted by Crippen LogP contribution is 2.23. The number of hydrogen-bond donors (Lipinski definition) is 1. The summed E-state index contributed by atoms with van der Waals surface area (Å²) >= 11 is 0. The molecule has 76 valence electrons. The van der Waals surface area contributed by atoms with Crippen LogP contribution in [0.5, 0.6) is 0 Å². The van der Waals surface area contributed by atoms with Crippen molar-refractivity contribution in [3.8, 4) is 0 Å². The highest BCUT2D eigenvalue weighted by Gasteiger charge is 2.16. The van der Waals surface area contributed by atoms with Gasteiger partial charge in [-0.25, -0.2) is 0 Å². The Balaban J connectivity index is 2.14. The fraction of sp³-hybridized carbons (Fsp3) is 0.545. The molecule has 0 saturated carbocycles. The van der Waals surface area contributed by atoms with Gasteiger partial charge in [-0.15, -0.1) is 0 Å². The minimum Gasteiger partial charge on any atom is -0.397 e. The molecule has 1 saturated heterocycles. The third-order valence-electron chi connectivity index (χ3n) is 2.77. The van der Waals surface area contributed by atoms with Gasteiger partial charge in [0.05, 0.1) is 17.6 Å². The maximum absolute atomic E-state index is 5.71. The Hall–Kier alpha value is -1.25. The molecule has 3 heteroatoms. The molecule has 0 aliphatic carbocycles. The largest absolute Gasteiger partial charge is 0.397 e. The van der Waals surface area contributed by atoms with Crippen molar-refractivity contribution in [1.29, 1.82) is 0 Å². The molecule has 0 aromatic carbocycles. The van der Waals surface area contributed by atoms with Crippen molar-refractivity contribution < 1.29 is 0 Å². The summed E-state index contributed by atoms with van der Waals surface area (Å²) in [5.74, 6) is 0.783. The topological polar surface area (TPSA) is 42.2 Å². The molecular formula is C11H17N3. The van der Waals surface area contributed by atoms with Crippen LogP contribution in [0.4, 0.5) is 11.4 Å².